The van der Waals surface area contributed by atoms with Gasteiger partial charge in [0.15, 0.2) is 5.69 Å². The van der Waals surface area contributed by atoms with E-state index >= 15 is 0 Å². The van der Waals surface area contributed by atoms with Crippen LogP contribution >= 0.6 is 11.3 Å². The molecule has 6 nitrogen and oxygen atoms in total. The highest BCUT2D eigenvalue weighted by atomic mass is 32.1. The van der Waals surface area contributed by atoms with Gasteiger partial charge in [0.1, 0.15) is 5.01 Å². The minimum atomic E-state index is -1.07. The van der Waals surface area contributed by atoms with Crippen molar-refractivity contribution >= 4 is 23.2 Å². The summed E-state index contributed by atoms with van der Waals surface area (Å²) >= 11 is 1.20. The minimum absolute atomic E-state index is 0.00419. The third-order valence-electron chi connectivity index (χ3n) is 2.74. The number of carboxylic acids is 1. The molecule has 2 atom stereocenters. The molecule has 0 saturated heterocycles. The molecule has 0 aliphatic carbocycles. The van der Waals surface area contributed by atoms with Gasteiger partial charge in [-0.05, 0) is 5.92 Å². The van der Waals surface area contributed by atoms with E-state index in [0.717, 1.165) is 6.42 Å². The second-order valence-corrected chi connectivity index (χ2v) is 5.00. The molecule has 0 fully saturated rings. The lowest BCUT2D eigenvalue weighted by molar-refractivity contribution is -0.123. The second kappa shape index (κ2) is 6.46. The van der Waals surface area contributed by atoms with Crippen molar-refractivity contribution in [3.05, 3.63) is 16.1 Å². The summed E-state index contributed by atoms with van der Waals surface area (Å²) in [6, 6.07) is -0.547. The summed E-state index contributed by atoms with van der Waals surface area (Å²) in [7, 11) is 0. The molecular weight excluding hydrogens is 254 g/mol. The van der Waals surface area contributed by atoms with Crippen molar-refractivity contribution in [3.63, 3.8) is 0 Å². The van der Waals surface area contributed by atoms with Gasteiger partial charge in [-0.25, -0.2) is 9.78 Å². The number of nitrogens with one attached hydrogen (secondary N) is 1. The molecule has 0 unspecified atom stereocenters. The zero-order valence-electron chi connectivity index (χ0n) is 10.3. The van der Waals surface area contributed by atoms with Gasteiger partial charge in [0, 0.05) is 5.38 Å². The number of nitrogens with zero attached hydrogens (tertiary/aromatic N) is 1. The normalized spacial score (nSPS) is 13.9. The number of carboxylic acid groups (broad SMARTS) is 1. The van der Waals surface area contributed by atoms with Crippen LogP contribution in [0.15, 0.2) is 5.38 Å². The zero-order chi connectivity index (χ0) is 13.7. The molecule has 1 aromatic heterocycles. The van der Waals surface area contributed by atoms with Gasteiger partial charge in [0.2, 0.25) is 5.91 Å². The maximum atomic E-state index is 11.7. The summed E-state index contributed by atoms with van der Waals surface area (Å²) in [4.78, 5) is 26.2. The Balaban J connectivity index is 2.49. The van der Waals surface area contributed by atoms with Crippen molar-refractivity contribution in [2.24, 2.45) is 11.7 Å². The predicted octanol–water partition coefficient (Wildman–Crippen LogP) is 0.831. The maximum absolute atomic E-state index is 11.7. The van der Waals surface area contributed by atoms with Crippen molar-refractivity contribution in [3.8, 4) is 0 Å². The van der Waals surface area contributed by atoms with E-state index in [-0.39, 0.29) is 24.1 Å². The van der Waals surface area contributed by atoms with Gasteiger partial charge in [-0.1, -0.05) is 20.3 Å². The number of nitrogens with two attached hydrogens (primary N) is 1. The molecule has 0 bridgehead atoms. The minimum Gasteiger partial charge on any atom is -0.476 e. The van der Waals surface area contributed by atoms with Gasteiger partial charge in [0.25, 0.3) is 0 Å². The summed E-state index contributed by atoms with van der Waals surface area (Å²) in [6.07, 6.45) is 0.828. The molecule has 0 radical (unpaired) electrons. The molecule has 0 saturated carbocycles. The monoisotopic (exact) mass is 271 g/mol. The van der Waals surface area contributed by atoms with Gasteiger partial charge in [-0.15, -0.1) is 11.3 Å². The van der Waals surface area contributed by atoms with Gasteiger partial charge >= 0.3 is 5.97 Å². The number of hydrogen-bond donors (Lipinski definition) is 3. The summed E-state index contributed by atoms with van der Waals surface area (Å²) in [6.45, 7) is 4.09. The van der Waals surface area contributed by atoms with Gasteiger partial charge < -0.3 is 16.2 Å². The van der Waals surface area contributed by atoms with Crippen LogP contribution < -0.4 is 11.1 Å². The van der Waals surface area contributed by atoms with Crippen LogP contribution in [0.5, 0.6) is 0 Å². The first-order valence-corrected chi connectivity index (χ1v) is 6.54. The average molecular weight is 271 g/mol. The lowest BCUT2D eigenvalue weighted by Crippen LogP contribution is -2.44. The summed E-state index contributed by atoms with van der Waals surface area (Å²) in [5.41, 5.74) is 5.76. The predicted molar refractivity (Wildman–Crippen MR) is 68.4 cm³/mol. The topological polar surface area (TPSA) is 105 Å². The molecule has 18 heavy (non-hydrogen) atoms. The first kappa shape index (κ1) is 14.6. The molecule has 0 aromatic carbocycles. The fraction of sp³-hybridized carbons (Fsp3) is 0.545. The smallest absolute Gasteiger partial charge is 0.355 e. The Bertz CT molecular complexity index is 433. The van der Waals surface area contributed by atoms with Crippen LogP contribution in [-0.2, 0) is 11.3 Å². The molecule has 0 aliphatic rings. The lowest BCUT2D eigenvalue weighted by atomic mass is 9.99. The lowest BCUT2D eigenvalue weighted by Gasteiger charge is -2.17. The highest BCUT2D eigenvalue weighted by Gasteiger charge is 2.19. The van der Waals surface area contributed by atoms with Crippen LogP contribution in [0.2, 0.25) is 0 Å². The SMILES string of the molecule is CC[C@H](C)[C@H](N)C(=O)NCc1nc(C(=O)O)cs1. The number of rotatable bonds is 6. The largest absolute Gasteiger partial charge is 0.476 e. The van der Waals surface area contributed by atoms with Crippen LogP contribution in [-0.4, -0.2) is 28.0 Å². The van der Waals surface area contributed by atoms with E-state index in [1.54, 1.807) is 0 Å². The molecule has 1 rings (SSSR count). The quantitative estimate of drug-likeness (QED) is 0.710. The van der Waals surface area contributed by atoms with Crippen LogP contribution in [0.3, 0.4) is 0 Å². The van der Waals surface area contributed by atoms with Gasteiger partial charge in [-0.2, -0.15) is 0 Å². The van der Waals surface area contributed by atoms with E-state index in [2.05, 4.69) is 10.3 Å². The second-order valence-electron chi connectivity index (χ2n) is 4.06. The van der Waals surface area contributed by atoms with Crippen molar-refractivity contribution in [2.45, 2.75) is 32.9 Å². The first-order chi connectivity index (χ1) is 8.45. The number of carbonyl (C=O) groups is 2. The van der Waals surface area contributed by atoms with Crippen molar-refractivity contribution in [2.75, 3.05) is 0 Å². The molecule has 1 aromatic rings. The number of amides is 1. The first-order valence-electron chi connectivity index (χ1n) is 5.66. The van der Waals surface area contributed by atoms with E-state index in [4.69, 9.17) is 10.8 Å². The average Bonchev–Trinajstić information content (AvgIpc) is 2.82. The van der Waals surface area contributed by atoms with Crippen molar-refractivity contribution in [1.82, 2.24) is 10.3 Å². The summed E-state index contributed by atoms with van der Waals surface area (Å²) in [5.74, 6) is -1.20. The third kappa shape index (κ3) is 3.78. The van der Waals surface area contributed by atoms with Crippen LogP contribution in [0.1, 0.15) is 35.8 Å². The summed E-state index contributed by atoms with van der Waals surface area (Å²) < 4.78 is 0. The Morgan fingerprint density at radius 1 is 1.61 bits per heavy atom. The molecule has 7 heteroatoms. The van der Waals surface area contributed by atoms with E-state index < -0.39 is 12.0 Å². The number of aromatic carboxylic acids is 1. The Hall–Kier alpha value is -1.47. The molecule has 4 N–H and O–H groups in total. The fourth-order valence-electron chi connectivity index (χ4n) is 1.28. The molecule has 1 amide bonds. The van der Waals surface area contributed by atoms with Crippen molar-refractivity contribution < 1.29 is 14.7 Å². The van der Waals surface area contributed by atoms with Gasteiger partial charge in [-0.3, -0.25) is 4.79 Å². The Labute approximate surface area is 109 Å². The fourth-order valence-corrected chi connectivity index (χ4v) is 1.99. The molecule has 0 aliphatic heterocycles. The number of thiazole rings is 1. The number of aromatic nitrogens is 1. The highest BCUT2D eigenvalue weighted by Crippen LogP contribution is 2.10. The Morgan fingerprint density at radius 3 is 2.78 bits per heavy atom. The van der Waals surface area contributed by atoms with Crippen LogP contribution in [0, 0.1) is 5.92 Å². The van der Waals surface area contributed by atoms with Gasteiger partial charge in [0.05, 0.1) is 12.6 Å². The van der Waals surface area contributed by atoms with Crippen LogP contribution in [0.4, 0.5) is 0 Å². The highest BCUT2D eigenvalue weighted by molar-refractivity contribution is 7.09. The molecule has 1 heterocycles. The zero-order valence-corrected chi connectivity index (χ0v) is 11.2. The Kier molecular flexibility index (Phi) is 5.24. The molecular formula is C11H17N3O3S. The van der Waals surface area contributed by atoms with E-state index in [0.29, 0.717) is 5.01 Å². The van der Waals surface area contributed by atoms with Crippen molar-refractivity contribution in [1.29, 1.82) is 0 Å². The third-order valence-corrected chi connectivity index (χ3v) is 3.59. The Morgan fingerprint density at radius 2 is 2.28 bits per heavy atom. The summed E-state index contributed by atoms with van der Waals surface area (Å²) in [5, 5.41) is 13.4. The molecule has 100 valence electrons. The van der Waals surface area contributed by atoms with E-state index in [1.165, 1.54) is 16.7 Å². The van der Waals surface area contributed by atoms with E-state index in [1.807, 2.05) is 13.8 Å². The van der Waals surface area contributed by atoms with Crippen LogP contribution in [0.25, 0.3) is 0 Å². The standard InChI is InChI=1S/C11H17N3O3S/c1-3-6(2)9(12)10(15)13-4-8-14-7(5-18-8)11(16)17/h5-6,9H,3-4,12H2,1-2H3,(H,13,15)(H,16,17)/t6-,9-/m0/s1. The van der Waals surface area contributed by atoms with E-state index in [9.17, 15) is 9.59 Å². The number of hydrogen-bond acceptors (Lipinski definition) is 5. The maximum Gasteiger partial charge on any atom is 0.355 e. The molecule has 0 spiro atoms. The number of carbonyl (C=O) groups excluding carboxylic acids is 1.